The van der Waals surface area contributed by atoms with Gasteiger partial charge in [-0.05, 0) is 70.0 Å². The van der Waals surface area contributed by atoms with Crippen LogP contribution in [0.3, 0.4) is 0 Å². The van der Waals surface area contributed by atoms with E-state index in [1.807, 2.05) is 0 Å². The fourth-order valence-corrected chi connectivity index (χ4v) is 6.89. The maximum absolute atomic E-state index is 12.8. The number of nitrogens with two attached hydrogens (primary N) is 1. The van der Waals surface area contributed by atoms with E-state index in [0.717, 1.165) is 29.6 Å². The van der Waals surface area contributed by atoms with E-state index in [1.165, 1.54) is 63.6 Å². The van der Waals surface area contributed by atoms with Gasteiger partial charge in [0.05, 0.1) is 5.69 Å². The molecule has 5 atom stereocenters. The molecular formula is C25H34F2N6O. The third-order valence-corrected chi connectivity index (χ3v) is 8.54. The summed E-state index contributed by atoms with van der Waals surface area (Å²) in [7, 11) is 0. The second-order valence-electron chi connectivity index (χ2n) is 10.8. The first kappa shape index (κ1) is 22.2. The molecule has 2 saturated carbocycles. The van der Waals surface area contributed by atoms with Gasteiger partial charge in [-0.2, -0.15) is 13.9 Å². The lowest BCUT2D eigenvalue weighted by Gasteiger charge is -2.41. The minimum Gasteiger partial charge on any atom is -0.431 e. The summed E-state index contributed by atoms with van der Waals surface area (Å²) in [5.41, 5.74) is 8.35. The van der Waals surface area contributed by atoms with Crippen molar-refractivity contribution in [3.63, 3.8) is 0 Å². The highest BCUT2D eigenvalue weighted by molar-refractivity contribution is 5.64. The number of hydrogen-bond acceptors (Lipinski definition) is 6. The number of ether oxygens (including phenoxy) is 1. The lowest BCUT2D eigenvalue weighted by molar-refractivity contribution is -0.0494. The topological polar surface area (TPSA) is 72.4 Å². The van der Waals surface area contributed by atoms with Crippen molar-refractivity contribution in [3.05, 3.63) is 24.0 Å². The number of alkyl halides is 2. The summed E-state index contributed by atoms with van der Waals surface area (Å²) in [5, 5.41) is 4.84. The van der Waals surface area contributed by atoms with Crippen molar-refractivity contribution in [2.75, 3.05) is 31.9 Å². The fraction of sp³-hybridized carbons (Fsp3) is 0.680. The minimum absolute atomic E-state index is 0.0474. The van der Waals surface area contributed by atoms with E-state index in [9.17, 15) is 8.78 Å². The molecular weight excluding hydrogens is 438 g/mol. The predicted octanol–water partition coefficient (Wildman–Crippen LogP) is 3.98. The number of rotatable bonds is 6. The van der Waals surface area contributed by atoms with Crippen LogP contribution in [0.4, 0.5) is 14.6 Å². The largest absolute Gasteiger partial charge is 0.431 e. The Morgan fingerprint density at radius 2 is 1.82 bits per heavy atom. The van der Waals surface area contributed by atoms with Crippen molar-refractivity contribution in [3.8, 4) is 17.0 Å². The van der Waals surface area contributed by atoms with Gasteiger partial charge in [0, 0.05) is 61.1 Å². The van der Waals surface area contributed by atoms with Gasteiger partial charge in [0.1, 0.15) is 0 Å². The van der Waals surface area contributed by atoms with E-state index >= 15 is 0 Å². The Morgan fingerprint density at radius 3 is 2.56 bits per heavy atom. The van der Waals surface area contributed by atoms with Crippen LogP contribution in [0.5, 0.6) is 5.75 Å². The summed E-state index contributed by atoms with van der Waals surface area (Å²) in [6.07, 6.45) is 6.85. The zero-order valence-electron chi connectivity index (χ0n) is 19.9. The monoisotopic (exact) mass is 472 g/mol. The number of piperazine rings is 1. The zero-order chi connectivity index (χ0) is 23.6. The predicted molar refractivity (Wildman–Crippen MR) is 126 cm³/mol. The number of pyridine rings is 1. The minimum atomic E-state index is -2.95. The standard InChI is InChI=1S/C25H34F2N6O/c1-14(2)33-21(11-20(30-33)15-8-22(34-25(26)27)24(28)29-12-15)23-18-9-17(10-19(18)23)32-7-6-31-5-3-4-16(31)13-32/h8,11-12,14,16-19,23,25H,3-7,9-10,13H2,1-2H3,(H2,28,29)/t16?,17?,18-,19+,23+. The van der Waals surface area contributed by atoms with E-state index in [4.69, 9.17) is 10.8 Å². The van der Waals surface area contributed by atoms with Gasteiger partial charge in [0.25, 0.3) is 0 Å². The average molecular weight is 473 g/mol. The summed E-state index contributed by atoms with van der Waals surface area (Å²) < 4.78 is 32.2. The molecule has 2 aromatic rings. The maximum atomic E-state index is 12.8. The van der Waals surface area contributed by atoms with Gasteiger partial charge in [-0.25, -0.2) is 4.98 Å². The van der Waals surface area contributed by atoms with Gasteiger partial charge < -0.3 is 10.5 Å². The molecule has 4 aliphatic rings. The van der Waals surface area contributed by atoms with Crippen LogP contribution in [-0.2, 0) is 0 Å². The summed E-state index contributed by atoms with van der Waals surface area (Å²) in [5.74, 6) is 1.81. The molecule has 6 rings (SSSR count). The summed E-state index contributed by atoms with van der Waals surface area (Å²) in [6.45, 7) is 6.30. The normalized spacial score (nSPS) is 31.3. The number of fused-ring (bicyclic) bond motifs is 2. The number of halogens is 2. The van der Waals surface area contributed by atoms with Crippen molar-refractivity contribution in [2.24, 2.45) is 11.8 Å². The van der Waals surface area contributed by atoms with Crippen molar-refractivity contribution >= 4 is 5.82 Å². The molecule has 0 aromatic carbocycles. The highest BCUT2D eigenvalue weighted by Gasteiger charge is 2.59. The van der Waals surface area contributed by atoms with Gasteiger partial charge in [-0.1, -0.05) is 0 Å². The van der Waals surface area contributed by atoms with Crippen molar-refractivity contribution in [1.29, 1.82) is 0 Å². The van der Waals surface area contributed by atoms with Gasteiger partial charge in [0.15, 0.2) is 11.6 Å². The number of nitrogens with zero attached hydrogens (tertiary/aromatic N) is 5. The third kappa shape index (κ3) is 3.86. The molecule has 2 aliphatic heterocycles. The highest BCUT2D eigenvalue weighted by atomic mass is 19.3. The molecule has 2 N–H and O–H groups in total. The number of hydrogen-bond donors (Lipinski definition) is 1. The van der Waals surface area contributed by atoms with E-state index < -0.39 is 6.61 Å². The number of aromatic nitrogens is 3. The van der Waals surface area contributed by atoms with Crippen LogP contribution in [0.15, 0.2) is 18.3 Å². The molecule has 2 aromatic heterocycles. The summed E-state index contributed by atoms with van der Waals surface area (Å²) >= 11 is 0. The Labute approximate surface area is 199 Å². The molecule has 2 unspecified atom stereocenters. The Hall–Kier alpha value is -2.26. The van der Waals surface area contributed by atoms with Crippen LogP contribution < -0.4 is 10.5 Å². The smallest absolute Gasteiger partial charge is 0.387 e. The molecule has 9 heteroatoms. The first-order chi connectivity index (χ1) is 16.4. The quantitative estimate of drug-likeness (QED) is 0.686. The van der Waals surface area contributed by atoms with Crippen LogP contribution in [-0.4, -0.2) is 69.4 Å². The molecule has 34 heavy (non-hydrogen) atoms. The van der Waals surface area contributed by atoms with E-state index in [-0.39, 0.29) is 17.6 Å². The second kappa shape index (κ2) is 8.45. The number of anilines is 1. The second-order valence-corrected chi connectivity index (χ2v) is 10.8. The van der Waals surface area contributed by atoms with Gasteiger partial charge in [-0.15, -0.1) is 0 Å². The average Bonchev–Trinajstić information content (AvgIpc) is 3.27. The van der Waals surface area contributed by atoms with Crippen LogP contribution >= 0.6 is 0 Å². The first-order valence-corrected chi connectivity index (χ1v) is 12.7. The third-order valence-electron chi connectivity index (χ3n) is 8.54. The van der Waals surface area contributed by atoms with Gasteiger partial charge in [0.2, 0.25) is 0 Å². The van der Waals surface area contributed by atoms with Gasteiger partial charge in [-0.3, -0.25) is 14.5 Å². The van der Waals surface area contributed by atoms with E-state index in [1.54, 1.807) is 6.20 Å². The summed E-state index contributed by atoms with van der Waals surface area (Å²) in [4.78, 5) is 9.51. The summed E-state index contributed by atoms with van der Waals surface area (Å²) in [6, 6.07) is 5.35. The van der Waals surface area contributed by atoms with Crippen molar-refractivity contribution < 1.29 is 13.5 Å². The Bertz CT molecular complexity index is 1050. The van der Waals surface area contributed by atoms with Crippen LogP contribution in [0.1, 0.15) is 57.2 Å². The van der Waals surface area contributed by atoms with Crippen LogP contribution in [0.25, 0.3) is 11.3 Å². The van der Waals surface area contributed by atoms with Crippen LogP contribution in [0, 0.1) is 11.8 Å². The Balaban J connectivity index is 1.18. The Morgan fingerprint density at radius 1 is 1.06 bits per heavy atom. The molecule has 2 saturated heterocycles. The number of nitrogen functional groups attached to an aromatic ring is 1. The molecule has 2 aliphatic carbocycles. The molecule has 0 amide bonds. The van der Waals surface area contributed by atoms with Crippen molar-refractivity contribution in [1.82, 2.24) is 24.6 Å². The highest BCUT2D eigenvalue weighted by Crippen LogP contribution is 2.64. The first-order valence-electron chi connectivity index (χ1n) is 12.7. The lowest BCUT2D eigenvalue weighted by atomic mass is 10.0. The van der Waals surface area contributed by atoms with Crippen molar-refractivity contribution in [2.45, 2.75) is 70.2 Å². The zero-order valence-corrected chi connectivity index (χ0v) is 19.9. The van der Waals surface area contributed by atoms with Gasteiger partial charge >= 0.3 is 6.61 Å². The fourth-order valence-electron chi connectivity index (χ4n) is 6.89. The Kier molecular flexibility index (Phi) is 5.52. The van der Waals surface area contributed by atoms with E-state index in [2.05, 4.69) is 44.1 Å². The molecule has 7 nitrogen and oxygen atoms in total. The van der Waals surface area contributed by atoms with Crippen LogP contribution in [0.2, 0.25) is 0 Å². The SMILES string of the molecule is CC(C)n1nc(-c2cnc(N)c(OC(F)F)c2)cc1[C@H]1[C@@H]2CC(N3CCN4CCCC4C3)C[C@@H]21. The molecule has 184 valence electrons. The maximum Gasteiger partial charge on any atom is 0.387 e. The molecule has 4 heterocycles. The lowest BCUT2D eigenvalue weighted by Crippen LogP contribution is -2.53. The van der Waals surface area contributed by atoms with E-state index in [0.29, 0.717) is 11.5 Å². The molecule has 0 radical (unpaired) electrons. The molecule has 4 fully saturated rings. The molecule has 0 spiro atoms. The molecule has 0 bridgehead atoms.